The van der Waals surface area contributed by atoms with Crippen molar-refractivity contribution in [3.05, 3.63) is 34.6 Å². The zero-order chi connectivity index (χ0) is 11.5. The summed E-state index contributed by atoms with van der Waals surface area (Å²) in [6.45, 7) is 0. The number of hydrogen-bond acceptors (Lipinski definition) is 1. The highest BCUT2D eigenvalue weighted by Gasteiger charge is 2.25. The molecule has 1 N–H and O–H groups in total. The molecule has 0 saturated heterocycles. The van der Waals surface area contributed by atoms with E-state index in [1.807, 2.05) is 0 Å². The largest absolute Gasteiger partial charge is 0.392 e. The summed E-state index contributed by atoms with van der Waals surface area (Å²) in [5.41, 5.74) is 0.760. The van der Waals surface area contributed by atoms with Crippen LogP contribution in [0.2, 0.25) is 5.02 Å². The molecule has 3 heteroatoms. The average Bonchev–Trinajstić information content (AvgIpc) is 2.47. The van der Waals surface area contributed by atoms with Crippen LogP contribution in [0.5, 0.6) is 0 Å². The van der Waals surface area contributed by atoms with Crippen molar-refractivity contribution in [1.82, 2.24) is 0 Å². The first-order valence-electron chi connectivity index (χ1n) is 5.81. The van der Waals surface area contributed by atoms with Crippen molar-refractivity contribution in [3.63, 3.8) is 0 Å². The summed E-state index contributed by atoms with van der Waals surface area (Å²) in [6.07, 6.45) is 4.56. The Hall–Kier alpha value is -0.600. The molecular formula is C13H16ClFO. The standard InChI is InChI=1S/C13H16ClFO/c14-12-7-6-9(15)8-11(12)10-4-2-1-3-5-13(10)16/h6-8,10,13,16H,1-5H2. The van der Waals surface area contributed by atoms with Crippen LogP contribution in [0.3, 0.4) is 0 Å². The normalized spacial score (nSPS) is 26.4. The van der Waals surface area contributed by atoms with Crippen LogP contribution < -0.4 is 0 Å². The fourth-order valence-electron chi connectivity index (χ4n) is 2.45. The molecule has 1 nitrogen and oxygen atoms in total. The number of benzene rings is 1. The van der Waals surface area contributed by atoms with Crippen LogP contribution in [0, 0.1) is 5.82 Å². The van der Waals surface area contributed by atoms with E-state index in [9.17, 15) is 9.50 Å². The van der Waals surface area contributed by atoms with E-state index in [-0.39, 0.29) is 17.8 Å². The second-order valence-electron chi connectivity index (χ2n) is 4.48. The molecule has 0 radical (unpaired) electrons. The van der Waals surface area contributed by atoms with E-state index < -0.39 is 0 Å². The van der Waals surface area contributed by atoms with E-state index in [0.29, 0.717) is 5.02 Å². The molecule has 2 rings (SSSR count). The second-order valence-corrected chi connectivity index (χ2v) is 4.88. The van der Waals surface area contributed by atoms with Crippen molar-refractivity contribution in [3.8, 4) is 0 Å². The molecule has 0 amide bonds. The zero-order valence-electron chi connectivity index (χ0n) is 9.13. The van der Waals surface area contributed by atoms with Gasteiger partial charge in [-0.2, -0.15) is 0 Å². The first-order valence-corrected chi connectivity index (χ1v) is 6.19. The minimum atomic E-state index is -0.387. The van der Waals surface area contributed by atoms with Crippen LogP contribution in [-0.4, -0.2) is 11.2 Å². The van der Waals surface area contributed by atoms with Gasteiger partial charge in [0.1, 0.15) is 5.82 Å². The van der Waals surface area contributed by atoms with Crippen molar-refractivity contribution >= 4 is 11.6 Å². The van der Waals surface area contributed by atoms with Gasteiger partial charge in [0, 0.05) is 10.9 Å². The van der Waals surface area contributed by atoms with Gasteiger partial charge in [-0.05, 0) is 36.6 Å². The van der Waals surface area contributed by atoms with Crippen molar-refractivity contribution in [2.75, 3.05) is 0 Å². The highest BCUT2D eigenvalue weighted by atomic mass is 35.5. The number of halogens is 2. The summed E-state index contributed by atoms with van der Waals surface area (Å²) < 4.78 is 13.2. The predicted octanol–water partition coefficient (Wildman–Crippen LogP) is 3.89. The highest BCUT2D eigenvalue weighted by Crippen LogP contribution is 2.35. The summed E-state index contributed by atoms with van der Waals surface area (Å²) in [4.78, 5) is 0. The summed E-state index contributed by atoms with van der Waals surface area (Å²) >= 11 is 6.07. The van der Waals surface area contributed by atoms with E-state index >= 15 is 0 Å². The van der Waals surface area contributed by atoms with Gasteiger partial charge < -0.3 is 5.11 Å². The molecule has 0 aliphatic heterocycles. The van der Waals surface area contributed by atoms with Gasteiger partial charge in [0.05, 0.1) is 6.10 Å². The molecule has 1 fully saturated rings. The van der Waals surface area contributed by atoms with Crippen LogP contribution >= 0.6 is 11.6 Å². The molecule has 2 atom stereocenters. The van der Waals surface area contributed by atoms with Gasteiger partial charge in [0.25, 0.3) is 0 Å². The minimum absolute atomic E-state index is 0.00861. The Balaban J connectivity index is 2.29. The van der Waals surface area contributed by atoms with Gasteiger partial charge in [-0.15, -0.1) is 0 Å². The molecule has 0 bridgehead atoms. The van der Waals surface area contributed by atoms with Crippen molar-refractivity contribution in [2.45, 2.75) is 44.1 Å². The van der Waals surface area contributed by atoms with Crippen LogP contribution in [0.25, 0.3) is 0 Å². The maximum absolute atomic E-state index is 13.2. The Kier molecular flexibility index (Phi) is 3.82. The molecule has 1 aromatic carbocycles. The topological polar surface area (TPSA) is 20.2 Å². The second kappa shape index (κ2) is 5.15. The van der Waals surface area contributed by atoms with Crippen LogP contribution in [-0.2, 0) is 0 Å². The van der Waals surface area contributed by atoms with Gasteiger partial charge in [0.15, 0.2) is 0 Å². The third-order valence-corrected chi connectivity index (χ3v) is 3.68. The quantitative estimate of drug-likeness (QED) is 0.741. The number of hydrogen-bond donors (Lipinski definition) is 1. The van der Waals surface area contributed by atoms with E-state index in [1.165, 1.54) is 12.1 Å². The van der Waals surface area contributed by atoms with E-state index in [4.69, 9.17) is 11.6 Å². The average molecular weight is 243 g/mol. The third kappa shape index (κ3) is 2.55. The monoisotopic (exact) mass is 242 g/mol. The Morgan fingerprint density at radius 3 is 2.75 bits per heavy atom. The summed E-state index contributed by atoms with van der Waals surface area (Å²) in [7, 11) is 0. The van der Waals surface area contributed by atoms with Gasteiger partial charge in [-0.25, -0.2) is 4.39 Å². The molecule has 2 unspecified atom stereocenters. The SMILES string of the molecule is OC1CCCCCC1c1cc(F)ccc1Cl. The number of aliphatic hydroxyl groups excluding tert-OH is 1. The molecule has 16 heavy (non-hydrogen) atoms. The Morgan fingerprint density at radius 1 is 1.19 bits per heavy atom. The molecule has 1 aromatic rings. The van der Waals surface area contributed by atoms with Crippen molar-refractivity contribution < 1.29 is 9.50 Å². The van der Waals surface area contributed by atoms with E-state index in [0.717, 1.165) is 37.7 Å². The first kappa shape index (κ1) is 11.9. The van der Waals surface area contributed by atoms with Crippen LogP contribution in [0.1, 0.15) is 43.6 Å². The van der Waals surface area contributed by atoms with Gasteiger partial charge >= 0.3 is 0 Å². The van der Waals surface area contributed by atoms with Crippen LogP contribution in [0.4, 0.5) is 4.39 Å². The molecule has 0 spiro atoms. The maximum atomic E-state index is 13.2. The summed E-state index contributed by atoms with van der Waals surface area (Å²) in [5, 5.41) is 10.6. The van der Waals surface area contributed by atoms with Crippen molar-refractivity contribution in [2.24, 2.45) is 0 Å². The lowest BCUT2D eigenvalue weighted by atomic mass is 9.89. The molecular weight excluding hydrogens is 227 g/mol. The van der Waals surface area contributed by atoms with Crippen molar-refractivity contribution in [1.29, 1.82) is 0 Å². The van der Waals surface area contributed by atoms with E-state index in [1.54, 1.807) is 6.07 Å². The number of aliphatic hydroxyl groups is 1. The van der Waals surface area contributed by atoms with Gasteiger partial charge in [0.2, 0.25) is 0 Å². The van der Waals surface area contributed by atoms with E-state index in [2.05, 4.69) is 0 Å². The predicted molar refractivity (Wildman–Crippen MR) is 63.2 cm³/mol. The highest BCUT2D eigenvalue weighted by molar-refractivity contribution is 6.31. The lowest BCUT2D eigenvalue weighted by molar-refractivity contribution is 0.135. The minimum Gasteiger partial charge on any atom is -0.392 e. The molecule has 1 aliphatic rings. The maximum Gasteiger partial charge on any atom is 0.123 e. The smallest absolute Gasteiger partial charge is 0.123 e. The lowest BCUT2D eigenvalue weighted by Crippen LogP contribution is -2.17. The molecule has 1 aliphatic carbocycles. The summed E-state index contributed by atoms with van der Waals surface area (Å²) in [5.74, 6) is -0.290. The Labute approximate surface area is 100 Å². The molecule has 88 valence electrons. The molecule has 0 aromatic heterocycles. The van der Waals surface area contributed by atoms with Gasteiger partial charge in [-0.1, -0.05) is 30.9 Å². The fraction of sp³-hybridized carbons (Fsp3) is 0.538. The summed E-state index contributed by atoms with van der Waals surface area (Å²) in [6, 6.07) is 4.39. The van der Waals surface area contributed by atoms with Gasteiger partial charge in [-0.3, -0.25) is 0 Å². The first-order chi connectivity index (χ1) is 7.68. The number of rotatable bonds is 1. The molecule has 1 saturated carbocycles. The Morgan fingerprint density at radius 2 is 1.94 bits per heavy atom. The van der Waals surface area contributed by atoms with Crippen LogP contribution in [0.15, 0.2) is 18.2 Å². The fourth-order valence-corrected chi connectivity index (χ4v) is 2.71. The Bertz CT molecular complexity index is 367. The zero-order valence-corrected chi connectivity index (χ0v) is 9.88. The molecule has 0 heterocycles. The third-order valence-electron chi connectivity index (χ3n) is 3.34. The lowest BCUT2D eigenvalue weighted by Gasteiger charge is -2.21.